The summed E-state index contributed by atoms with van der Waals surface area (Å²) in [6, 6.07) is 7.70. The number of hydrogen-bond acceptors (Lipinski definition) is 3. The molecule has 5 heteroatoms. The van der Waals surface area contributed by atoms with Crippen LogP contribution in [-0.4, -0.2) is 36.1 Å². The Hall–Kier alpha value is -1.88. The van der Waals surface area contributed by atoms with E-state index in [-0.39, 0.29) is 24.3 Å². The zero-order valence-corrected chi connectivity index (χ0v) is 13.4. The fourth-order valence-electron chi connectivity index (χ4n) is 2.47. The van der Waals surface area contributed by atoms with Crippen LogP contribution in [0.4, 0.5) is 5.69 Å². The van der Waals surface area contributed by atoms with Crippen molar-refractivity contribution in [2.75, 3.05) is 18.0 Å². The number of carbonyl (C=O) groups is 2. The Labute approximate surface area is 131 Å². The third-order valence-electron chi connectivity index (χ3n) is 4.12. The van der Waals surface area contributed by atoms with E-state index in [1.165, 1.54) is 0 Å². The molecule has 0 aromatic heterocycles. The number of benzene rings is 1. The molecule has 1 fully saturated rings. The predicted octanol–water partition coefficient (Wildman–Crippen LogP) is 1.48. The zero-order valence-electron chi connectivity index (χ0n) is 13.4. The van der Waals surface area contributed by atoms with Crippen LogP contribution in [0.3, 0.4) is 0 Å². The summed E-state index contributed by atoms with van der Waals surface area (Å²) in [5, 5.41) is 12.4. The van der Waals surface area contributed by atoms with Gasteiger partial charge >= 0.3 is 0 Å². The van der Waals surface area contributed by atoms with Crippen LogP contribution in [0.5, 0.6) is 0 Å². The van der Waals surface area contributed by atoms with Gasteiger partial charge in [0.05, 0.1) is 6.10 Å². The summed E-state index contributed by atoms with van der Waals surface area (Å²) in [5.41, 5.74) is 1.96. The number of anilines is 1. The van der Waals surface area contributed by atoms with E-state index in [4.69, 9.17) is 0 Å². The normalized spacial score (nSPS) is 19.6. The molecule has 2 amide bonds. The Kier molecular flexibility index (Phi) is 5.19. The summed E-state index contributed by atoms with van der Waals surface area (Å²) in [5.74, 6) is -1.04. The van der Waals surface area contributed by atoms with Crippen molar-refractivity contribution < 1.29 is 14.7 Å². The first-order valence-electron chi connectivity index (χ1n) is 7.74. The van der Waals surface area contributed by atoms with Crippen molar-refractivity contribution in [2.24, 2.45) is 11.8 Å². The van der Waals surface area contributed by atoms with Gasteiger partial charge in [-0.1, -0.05) is 31.5 Å². The minimum atomic E-state index is -0.652. The molecule has 2 rings (SSSR count). The molecule has 5 nitrogen and oxygen atoms in total. The lowest BCUT2D eigenvalue weighted by molar-refractivity contribution is -0.132. The Morgan fingerprint density at radius 1 is 1.36 bits per heavy atom. The lowest BCUT2D eigenvalue weighted by Crippen LogP contribution is -2.41. The molecule has 2 unspecified atom stereocenters. The van der Waals surface area contributed by atoms with Gasteiger partial charge in [-0.3, -0.25) is 9.59 Å². The molecular weight excluding hydrogens is 280 g/mol. The summed E-state index contributed by atoms with van der Waals surface area (Å²) in [6.45, 7) is 6.50. The summed E-state index contributed by atoms with van der Waals surface area (Å²) in [7, 11) is 0. The molecule has 1 heterocycles. The van der Waals surface area contributed by atoms with Crippen LogP contribution in [0.2, 0.25) is 0 Å². The first kappa shape index (κ1) is 16.5. The Balaban J connectivity index is 1.96. The lowest BCUT2D eigenvalue weighted by atomic mass is 10.1. The second-order valence-electron chi connectivity index (χ2n) is 6.22. The number of hydrogen-bond donors (Lipinski definition) is 2. The highest BCUT2D eigenvalue weighted by molar-refractivity contribution is 6.09. The van der Waals surface area contributed by atoms with Gasteiger partial charge in [-0.15, -0.1) is 0 Å². The monoisotopic (exact) mass is 304 g/mol. The quantitative estimate of drug-likeness (QED) is 0.810. The predicted molar refractivity (Wildman–Crippen MR) is 85.5 cm³/mol. The van der Waals surface area contributed by atoms with Crippen LogP contribution in [-0.2, 0) is 9.59 Å². The number of amides is 2. The van der Waals surface area contributed by atoms with Crippen molar-refractivity contribution in [1.82, 2.24) is 5.32 Å². The summed E-state index contributed by atoms with van der Waals surface area (Å²) < 4.78 is 0. The molecule has 1 saturated heterocycles. The fourth-order valence-corrected chi connectivity index (χ4v) is 2.47. The molecular formula is C17H24N2O3. The Morgan fingerprint density at radius 3 is 2.59 bits per heavy atom. The van der Waals surface area contributed by atoms with E-state index in [9.17, 15) is 14.7 Å². The highest BCUT2D eigenvalue weighted by atomic mass is 16.3. The number of nitrogens with zero attached hydrogens (tertiary/aromatic N) is 1. The molecule has 22 heavy (non-hydrogen) atoms. The van der Waals surface area contributed by atoms with E-state index in [0.717, 1.165) is 11.3 Å². The van der Waals surface area contributed by atoms with Crippen molar-refractivity contribution in [2.45, 2.75) is 33.3 Å². The SMILES string of the molecule is Cc1ccc(N2CCC(C(=O)NCC(O)C(C)C)C2=O)cc1. The maximum atomic E-state index is 12.4. The van der Waals surface area contributed by atoms with E-state index in [2.05, 4.69) is 5.32 Å². The Bertz CT molecular complexity index is 539. The maximum absolute atomic E-state index is 12.4. The van der Waals surface area contributed by atoms with Crippen molar-refractivity contribution in [1.29, 1.82) is 0 Å². The number of aryl methyl sites for hydroxylation is 1. The third-order valence-corrected chi connectivity index (χ3v) is 4.12. The van der Waals surface area contributed by atoms with Crippen molar-refractivity contribution >= 4 is 17.5 Å². The summed E-state index contributed by atoms with van der Waals surface area (Å²) in [4.78, 5) is 26.2. The molecule has 1 aliphatic rings. The Morgan fingerprint density at radius 2 is 2.00 bits per heavy atom. The number of aliphatic hydroxyl groups excluding tert-OH is 1. The summed E-state index contributed by atoms with van der Waals surface area (Å²) in [6.07, 6.45) is -0.0790. The first-order valence-corrected chi connectivity index (χ1v) is 7.74. The lowest BCUT2D eigenvalue weighted by Gasteiger charge is -2.18. The van der Waals surface area contributed by atoms with Crippen LogP contribution < -0.4 is 10.2 Å². The molecule has 0 saturated carbocycles. The van der Waals surface area contributed by atoms with Gasteiger partial charge in [0.2, 0.25) is 11.8 Å². The van der Waals surface area contributed by atoms with Gasteiger partial charge < -0.3 is 15.3 Å². The molecule has 1 aliphatic heterocycles. The van der Waals surface area contributed by atoms with E-state index < -0.39 is 12.0 Å². The van der Waals surface area contributed by atoms with Crippen molar-refractivity contribution in [3.05, 3.63) is 29.8 Å². The number of rotatable bonds is 5. The second kappa shape index (κ2) is 6.92. The second-order valence-corrected chi connectivity index (χ2v) is 6.22. The number of aliphatic hydroxyl groups is 1. The standard InChI is InChI=1S/C17H24N2O3/c1-11(2)15(20)10-18-16(21)14-8-9-19(17(14)22)13-6-4-12(3)5-7-13/h4-7,11,14-15,20H,8-10H2,1-3H3,(H,18,21). The van der Waals surface area contributed by atoms with Crippen molar-refractivity contribution in [3.8, 4) is 0 Å². The fraction of sp³-hybridized carbons (Fsp3) is 0.529. The molecule has 2 N–H and O–H groups in total. The van der Waals surface area contributed by atoms with Gasteiger partial charge in [0.1, 0.15) is 5.92 Å². The average molecular weight is 304 g/mol. The van der Waals surface area contributed by atoms with Crippen molar-refractivity contribution in [3.63, 3.8) is 0 Å². The van der Waals surface area contributed by atoms with Gasteiger partial charge in [-0.25, -0.2) is 0 Å². The highest BCUT2D eigenvalue weighted by Gasteiger charge is 2.37. The molecule has 1 aromatic rings. The van der Waals surface area contributed by atoms with Gasteiger partial charge in [-0.2, -0.15) is 0 Å². The average Bonchev–Trinajstić information content (AvgIpc) is 2.87. The van der Waals surface area contributed by atoms with Crippen LogP contribution in [0.25, 0.3) is 0 Å². The molecule has 1 aromatic carbocycles. The molecule has 120 valence electrons. The van der Waals surface area contributed by atoms with Crippen LogP contribution >= 0.6 is 0 Å². The molecule has 2 atom stereocenters. The van der Waals surface area contributed by atoms with Crippen LogP contribution in [0.15, 0.2) is 24.3 Å². The molecule has 0 aliphatic carbocycles. The van der Waals surface area contributed by atoms with Gasteiger partial charge in [-0.05, 0) is 31.4 Å². The smallest absolute Gasteiger partial charge is 0.239 e. The van der Waals surface area contributed by atoms with E-state index in [1.807, 2.05) is 45.0 Å². The largest absolute Gasteiger partial charge is 0.391 e. The van der Waals surface area contributed by atoms with Gasteiger partial charge in [0.15, 0.2) is 0 Å². The van der Waals surface area contributed by atoms with Crippen LogP contribution in [0.1, 0.15) is 25.8 Å². The third kappa shape index (κ3) is 3.65. The number of nitrogens with one attached hydrogen (secondary N) is 1. The molecule has 0 radical (unpaired) electrons. The number of carbonyl (C=O) groups excluding carboxylic acids is 2. The molecule has 0 spiro atoms. The first-order chi connectivity index (χ1) is 10.4. The van der Waals surface area contributed by atoms with E-state index in [0.29, 0.717) is 13.0 Å². The van der Waals surface area contributed by atoms with Crippen LogP contribution in [0, 0.1) is 18.8 Å². The minimum Gasteiger partial charge on any atom is -0.391 e. The van der Waals surface area contributed by atoms with Gasteiger partial charge in [0.25, 0.3) is 0 Å². The van der Waals surface area contributed by atoms with Gasteiger partial charge in [0, 0.05) is 18.8 Å². The summed E-state index contributed by atoms with van der Waals surface area (Å²) >= 11 is 0. The zero-order chi connectivity index (χ0) is 16.3. The minimum absolute atomic E-state index is 0.0728. The van der Waals surface area contributed by atoms with E-state index >= 15 is 0 Å². The maximum Gasteiger partial charge on any atom is 0.239 e. The molecule has 0 bridgehead atoms. The highest BCUT2D eigenvalue weighted by Crippen LogP contribution is 2.25. The van der Waals surface area contributed by atoms with E-state index in [1.54, 1.807) is 4.90 Å². The topological polar surface area (TPSA) is 69.6 Å².